The minimum Gasteiger partial charge on any atom is -0.462 e. The molecule has 0 amide bonds. The van der Waals surface area contributed by atoms with E-state index in [4.69, 9.17) is 14.4 Å². The van der Waals surface area contributed by atoms with Gasteiger partial charge in [0.15, 0.2) is 5.75 Å². The monoisotopic (exact) mass is 335 g/mol. The summed E-state index contributed by atoms with van der Waals surface area (Å²) in [5, 5.41) is 5.57. The number of hydroxylamine groups is 2. The summed E-state index contributed by atoms with van der Waals surface area (Å²) in [6.07, 6.45) is 4.99. The number of oxime groups is 1. The topological polar surface area (TPSA) is 46.5 Å². The van der Waals surface area contributed by atoms with E-state index in [0.29, 0.717) is 25.0 Å². The summed E-state index contributed by atoms with van der Waals surface area (Å²) in [6.45, 7) is 6.54. The van der Waals surface area contributed by atoms with Crippen LogP contribution in [0.2, 0.25) is 0 Å². The normalized spacial score (nSPS) is 16.0. The molecule has 1 fully saturated rings. The van der Waals surface area contributed by atoms with E-state index < -0.39 is 0 Å². The van der Waals surface area contributed by atoms with Crippen LogP contribution >= 0.6 is 0 Å². The first kappa shape index (κ1) is 18.5. The molecule has 1 aromatic rings. The zero-order valence-electron chi connectivity index (χ0n) is 14.8. The Kier molecular flexibility index (Phi) is 8.41. The molecule has 6 heteroatoms. The highest BCUT2D eigenvalue weighted by molar-refractivity contribution is 5.71. The summed E-state index contributed by atoms with van der Waals surface area (Å²) in [7, 11) is 1.78. The highest BCUT2D eigenvalue weighted by Crippen LogP contribution is 2.10. The summed E-state index contributed by atoms with van der Waals surface area (Å²) in [6, 6.07) is 9.72. The van der Waals surface area contributed by atoms with Crippen LogP contribution in [0, 0.1) is 0 Å². The molecule has 0 radical (unpaired) electrons. The summed E-state index contributed by atoms with van der Waals surface area (Å²) in [5.74, 6) is 0.660. The van der Waals surface area contributed by atoms with E-state index in [1.165, 1.54) is 37.4 Å². The van der Waals surface area contributed by atoms with Gasteiger partial charge in [0.05, 0.1) is 13.2 Å². The molecule has 134 valence electrons. The Labute approximate surface area is 144 Å². The molecule has 1 saturated heterocycles. The van der Waals surface area contributed by atoms with Crippen molar-refractivity contribution in [2.75, 3.05) is 39.9 Å². The maximum absolute atomic E-state index is 5.71. The first-order valence-electron chi connectivity index (χ1n) is 8.81. The lowest BCUT2D eigenvalue weighted by molar-refractivity contribution is -0.101. The van der Waals surface area contributed by atoms with Crippen molar-refractivity contribution in [1.29, 1.82) is 0 Å². The van der Waals surface area contributed by atoms with Gasteiger partial charge in [-0.15, -0.1) is 0 Å². The molecule has 0 spiro atoms. The standard InChI is InChI=1S/C18H29N3O3/c1-3-22-18(19-24-17-11-6-4-7-12-17)20(2)23-16-10-15-21-13-8-5-9-14-21/h4,6-7,11-12H,3,5,8-10,13-16H2,1-2H3. The van der Waals surface area contributed by atoms with Gasteiger partial charge in [0.1, 0.15) is 0 Å². The van der Waals surface area contributed by atoms with Crippen LogP contribution in [0.4, 0.5) is 0 Å². The summed E-state index contributed by atoms with van der Waals surface area (Å²) in [4.78, 5) is 13.6. The van der Waals surface area contributed by atoms with E-state index >= 15 is 0 Å². The lowest BCUT2D eigenvalue weighted by atomic mass is 10.1. The van der Waals surface area contributed by atoms with E-state index in [9.17, 15) is 0 Å². The number of rotatable bonds is 8. The number of hydrogen-bond donors (Lipinski definition) is 0. The van der Waals surface area contributed by atoms with Gasteiger partial charge in [-0.25, -0.2) is 5.06 Å². The summed E-state index contributed by atoms with van der Waals surface area (Å²) < 4.78 is 5.49. The molecule has 0 aromatic heterocycles. The van der Waals surface area contributed by atoms with Crippen LogP contribution in [0.15, 0.2) is 35.5 Å². The van der Waals surface area contributed by atoms with Crippen molar-refractivity contribution in [1.82, 2.24) is 9.96 Å². The summed E-state index contributed by atoms with van der Waals surface area (Å²) in [5.41, 5.74) is 0. The van der Waals surface area contributed by atoms with Gasteiger partial charge >= 0.3 is 6.02 Å². The highest BCUT2D eigenvalue weighted by atomic mass is 16.7. The molecule has 0 unspecified atom stereocenters. The van der Waals surface area contributed by atoms with E-state index in [1.54, 1.807) is 7.05 Å². The van der Waals surface area contributed by atoms with Crippen LogP contribution in [0.1, 0.15) is 32.6 Å². The Bertz CT molecular complexity index is 476. The predicted octanol–water partition coefficient (Wildman–Crippen LogP) is 3.11. The van der Waals surface area contributed by atoms with Crippen LogP contribution < -0.4 is 4.84 Å². The number of likely N-dealkylation sites (tertiary alicyclic amines) is 1. The Morgan fingerprint density at radius 2 is 1.92 bits per heavy atom. The van der Waals surface area contributed by atoms with E-state index in [-0.39, 0.29) is 0 Å². The fourth-order valence-corrected chi connectivity index (χ4v) is 2.60. The first-order valence-corrected chi connectivity index (χ1v) is 8.81. The molecular formula is C18H29N3O3. The Morgan fingerprint density at radius 1 is 1.17 bits per heavy atom. The van der Waals surface area contributed by atoms with Crippen molar-refractivity contribution in [2.45, 2.75) is 32.6 Å². The molecule has 1 aromatic carbocycles. The quantitative estimate of drug-likeness (QED) is 0.316. The molecule has 24 heavy (non-hydrogen) atoms. The Hall–Kier alpha value is -1.79. The molecule has 6 nitrogen and oxygen atoms in total. The van der Waals surface area contributed by atoms with E-state index in [2.05, 4.69) is 10.1 Å². The van der Waals surface area contributed by atoms with Crippen LogP contribution in [-0.2, 0) is 9.57 Å². The molecular weight excluding hydrogens is 306 g/mol. The molecule has 0 aliphatic carbocycles. The van der Waals surface area contributed by atoms with Crippen molar-refractivity contribution >= 4 is 6.02 Å². The van der Waals surface area contributed by atoms with Crippen molar-refractivity contribution in [3.05, 3.63) is 30.3 Å². The van der Waals surface area contributed by atoms with Crippen LogP contribution in [-0.4, -0.2) is 55.9 Å². The number of piperidine rings is 1. The van der Waals surface area contributed by atoms with Gasteiger partial charge in [0.2, 0.25) is 0 Å². The molecule has 1 aliphatic rings. The van der Waals surface area contributed by atoms with Crippen LogP contribution in [0.25, 0.3) is 0 Å². The van der Waals surface area contributed by atoms with Gasteiger partial charge in [0.25, 0.3) is 0 Å². The van der Waals surface area contributed by atoms with E-state index in [1.807, 2.05) is 37.3 Å². The summed E-state index contributed by atoms with van der Waals surface area (Å²) >= 11 is 0. The number of hydrogen-bond acceptors (Lipinski definition) is 5. The third kappa shape index (κ3) is 6.76. The highest BCUT2D eigenvalue weighted by Gasteiger charge is 2.12. The molecule has 1 heterocycles. The van der Waals surface area contributed by atoms with Crippen molar-refractivity contribution in [3.8, 4) is 5.75 Å². The van der Waals surface area contributed by atoms with Crippen molar-refractivity contribution in [3.63, 3.8) is 0 Å². The minimum absolute atomic E-state index is 0.319. The van der Waals surface area contributed by atoms with Crippen molar-refractivity contribution in [2.24, 2.45) is 5.16 Å². The third-order valence-electron chi connectivity index (χ3n) is 3.87. The average molecular weight is 335 g/mol. The largest absolute Gasteiger partial charge is 0.462 e. The van der Waals surface area contributed by atoms with Crippen LogP contribution in [0.5, 0.6) is 5.75 Å². The second-order valence-electron chi connectivity index (χ2n) is 5.80. The van der Waals surface area contributed by atoms with Gasteiger partial charge in [-0.05, 0) is 56.6 Å². The molecule has 0 N–H and O–H groups in total. The molecule has 0 bridgehead atoms. The maximum Gasteiger partial charge on any atom is 0.351 e. The maximum atomic E-state index is 5.71. The molecule has 1 aliphatic heterocycles. The molecule has 2 rings (SSSR count). The van der Waals surface area contributed by atoms with Crippen LogP contribution in [0.3, 0.4) is 0 Å². The van der Waals surface area contributed by atoms with Crippen molar-refractivity contribution < 1.29 is 14.4 Å². The smallest absolute Gasteiger partial charge is 0.351 e. The van der Waals surface area contributed by atoms with E-state index in [0.717, 1.165) is 13.0 Å². The number of amidine groups is 1. The second-order valence-corrected chi connectivity index (χ2v) is 5.80. The fraction of sp³-hybridized carbons (Fsp3) is 0.611. The predicted molar refractivity (Wildman–Crippen MR) is 94.8 cm³/mol. The average Bonchev–Trinajstić information content (AvgIpc) is 2.64. The second kappa shape index (κ2) is 10.9. The van der Waals surface area contributed by atoms with Gasteiger partial charge in [-0.2, -0.15) is 0 Å². The lowest BCUT2D eigenvalue weighted by Gasteiger charge is -2.26. The number of nitrogens with zero attached hydrogens (tertiary/aromatic N) is 3. The van der Waals surface area contributed by atoms with Gasteiger partial charge in [0, 0.05) is 13.6 Å². The Morgan fingerprint density at radius 3 is 2.62 bits per heavy atom. The first-order chi connectivity index (χ1) is 11.8. The SMILES string of the molecule is CCOC(=NOc1ccccc1)N(C)OCCCN1CCCCC1. The zero-order chi connectivity index (χ0) is 17.0. The third-order valence-corrected chi connectivity index (χ3v) is 3.87. The molecule has 0 saturated carbocycles. The fourth-order valence-electron chi connectivity index (χ4n) is 2.60. The lowest BCUT2D eigenvalue weighted by Crippen LogP contribution is -2.33. The Balaban J connectivity index is 1.72. The van der Waals surface area contributed by atoms with Gasteiger partial charge in [-0.1, -0.05) is 24.6 Å². The zero-order valence-corrected chi connectivity index (χ0v) is 14.8. The molecule has 0 atom stereocenters. The van der Waals surface area contributed by atoms with Gasteiger partial charge in [-0.3, -0.25) is 4.84 Å². The number of ether oxygens (including phenoxy) is 1. The minimum atomic E-state index is 0.319. The number of benzene rings is 1. The number of para-hydroxylation sites is 1. The van der Waals surface area contributed by atoms with Gasteiger partial charge < -0.3 is 14.5 Å².